The molecule has 3 unspecified atom stereocenters. The highest BCUT2D eigenvalue weighted by Crippen LogP contribution is 2.54. The normalized spacial score (nSPS) is 41.2. The van der Waals surface area contributed by atoms with Gasteiger partial charge in [-0.25, -0.2) is 0 Å². The van der Waals surface area contributed by atoms with Crippen molar-refractivity contribution in [3.63, 3.8) is 0 Å². The first-order valence-electron chi connectivity index (χ1n) is 6.69. The van der Waals surface area contributed by atoms with E-state index in [1.54, 1.807) is 11.1 Å². The quantitative estimate of drug-likeness (QED) is 0.492. The SMILES string of the molecule is CC(C)=C1CCC2CCCC(C)C2(C)C1. The Morgan fingerprint density at radius 3 is 2.60 bits per heavy atom. The molecule has 0 heteroatoms. The average Bonchev–Trinajstić information content (AvgIpc) is 2.19. The molecule has 15 heavy (non-hydrogen) atoms. The summed E-state index contributed by atoms with van der Waals surface area (Å²) in [5.41, 5.74) is 3.98. The molecule has 0 aromatic carbocycles. The van der Waals surface area contributed by atoms with Crippen LogP contribution in [0.2, 0.25) is 0 Å². The summed E-state index contributed by atoms with van der Waals surface area (Å²) in [5, 5.41) is 0. The van der Waals surface area contributed by atoms with Crippen molar-refractivity contribution in [1.29, 1.82) is 0 Å². The van der Waals surface area contributed by atoms with E-state index in [-0.39, 0.29) is 0 Å². The van der Waals surface area contributed by atoms with Crippen molar-refractivity contribution in [3.05, 3.63) is 11.1 Å². The van der Waals surface area contributed by atoms with Gasteiger partial charge in [0.25, 0.3) is 0 Å². The summed E-state index contributed by atoms with van der Waals surface area (Å²) in [6, 6.07) is 0. The summed E-state index contributed by atoms with van der Waals surface area (Å²) in [7, 11) is 0. The number of allylic oxidation sites excluding steroid dienone is 2. The second kappa shape index (κ2) is 3.96. The Bertz CT molecular complexity index is 270. The molecule has 3 atom stereocenters. The molecule has 2 aliphatic carbocycles. The molecule has 2 rings (SSSR count). The van der Waals surface area contributed by atoms with Crippen molar-refractivity contribution >= 4 is 0 Å². The van der Waals surface area contributed by atoms with Crippen LogP contribution >= 0.6 is 0 Å². The first-order chi connectivity index (χ1) is 7.04. The molecule has 2 saturated carbocycles. The van der Waals surface area contributed by atoms with Gasteiger partial charge in [0.2, 0.25) is 0 Å². The number of hydrogen-bond acceptors (Lipinski definition) is 0. The molecular weight excluding hydrogens is 180 g/mol. The Labute approximate surface area is 95.1 Å². The highest BCUT2D eigenvalue weighted by Gasteiger charge is 2.44. The van der Waals surface area contributed by atoms with Crippen LogP contribution in [0.25, 0.3) is 0 Å². The molecule has 0 bridgehead atoms. The van der Waals surface area contributed by atoms with E-state index in [4.69, 9.17) is 0 Å². The van der Waals surface area contributed by atoms with Gasteiger partial charge in [-0.1, -0.05) is 37.8 Å². The van der Waals surface area contributed by atoms with Crippen LogP contribution in [0.3, 0.4) is 0 Å². The summed E-state index contributed by atoms with van der Waals surface area (Å²) < 4.78 is 0. The van der Waals surface area contributed by atoms with E-state index in [1.165, 1.54) is 38.5 Å². The maximum absolute atomic E-state index is 2.56. The summed E-state index contributed by atoms with van der Waals surface area (Å²) in [4.78, 5) is 0. The maximum atomic E-state index is 2.56. The molecule has 2 fully saturated rings. The summed E-state index contributed by atoms with van der Waals surface area (Å²) >= 11 is 0. The van der Waals surface area contributed by atoms with Crippen molar-refractivity contribution < 1.29 is 0 Å². The van der Waals surface area contributed by atoms with Gasteiger partial charge in [-0.15, -0.1) is 0 Å². The minimum absolute atomic E-state index is 0.628. The van der Waals surface area contributed by atoms with Crippen LogP contribution in [-0.4, -0.2) is 0 Å². The van der Waals surface area contributed by atoms with Crippen molar-refractivity contribution in [2.75, 3.05) is 0 Å². The minimum atomic E-state index is 0.628. The molecule has 0 nitrogen and oxygen atoms in total. The van der Waals surface area contributed by atoms with Crippen LogP contribution in [-0.2, 0) is 0 Å². The lowest BCUT2D eigenvalue weighted by atomic mass is 9.55. The third kappa shape index (κ3) is 1.88. The van der Waals surface area contributed by atoms with Crippen LogP contribution in [0.4, 0.5) is 0 Å². The van der Waals surface area contributed by atoms with Gasteiger partial charge in [0.15, 0.2) is 0 Å². The Balaban J connectivity index is 2.23. The van der Waals surface area contributed by atoms with Crippen molar-refractivity contribution in [2.45, 2.75) is 66.2 Å². The maximum Gasteiger partial charge on any atom is -0.0234 e. The highest BCUT2D eigenvalue weighted by molar-refractivity contribution is 5.17. The lowest BCUT2D eigenvalue weighted by molar-refractivity contribution is 0.0294. The Hall–Kier alpha value is -0.260. The standard InChI is InChI=1S/C15H26/c1-11(2)13-8-9-14-7-5-6-12(3)15(14,4)10-13/h12,14H,5-10H2,1-4H3. The molecule has 0 aliphatic heterocycles. The predicted octanol–water partition coefficient (Wildman–Crippen LogP) is 4.95. The first kappa shape index (κ1) is 11.2. The number of fused-ring (bicyclic) bond motifs is 1. The molecule has 0 heterocycles. The molecule has 0 amide bonds. The predicted molar refractivity (Wildman–Crippen MR) is 66.8 cm³/mol. The lowest BCUT2D eigenvalue weighted by Crippen LogP contribution is -2.40. The van der Waals surface area contributed by atoms with Gasteiger partial charge in [-0.05, 0) is 56.8 Å². The van der Waals surface area contributed by atoms with E-state index in [1.807, 2.05) is 0 Å². The minimum Gasteiger partial charge on any atom is -0.0772 e. The van der Waals surface area contributed by atoms with Gasteiger partial charge in [-0.3, -0.25) is 0 Å². The summed E-state index contributed by atoms with van der Waals surface area (Å²) in [6.45, 7) is 9.64. The molecule has 0 spiro atoms. The van der Waals surface area contributed by atoms with Crippen LogP contribution in [0, 0.1) is 17.3 Å². The molecule has 0 saturated heterocycles. The number of hydrogen-bond donors (Lipinski definition) is 0. The molecule has 0 aromatic heterocycles. The second-order valence-corrected chi connectivity index (χ2v) is 6.35. The third-order valence-corrected chi connectivity index (χ3v) is 5.34. The smallest absolute Gasteiger partial charge is 0.0234 e. The largest absolute Gasteiger partial charge is 0.0772 e. The van der Waals surface area contributed by atoms with Crippen molar-refractivity contribution in [3.8, 4) is 0 Å². The summed E-state index contributed by atoms with van der Waals surface area (Å²) in [5.74, 6) is 1.95. The molecule has 0 radical (unpaired) electrons. The third-order valence-electron chi connectivity index (χ3n) is 5.34. The van der Waals surface area contributed by atoms with E-state index in [9.17, 15) is 0 Å². The zero-order valence-corrected chi connectivity index (χ0v) is 10.9. The van der Waals surface area contributed by atoms with Crippen LogP contribution in [0.5, 0.6) is 0 Å². The fourth-order valence-corrected chi connectivity index (χ4v) is 3.85. The van der Waals surface area contributed by atoms with Crippen LogP contribution < -0.4 is 0 Å². The van der Waals surface area contributed by atoms with Crippen LogP contribution in [0.1, 0.15) is 66.2 Å². The Morgan fingerprint density at radius 2 is 1.93 bits per heavy atom. The monoisotopic (exact) mass is 206 g/mol. The first-order valence-corrected chi connectivity index (χ1v) is 6.69. The second-order valence-electron chi connectivity index (χ2n) is 6.35. The van der Waals surface area contributed by atoms with Gasteiger partial charge in [0.1, 0.15) is 0 Å². The van der Waals surface area contributed by atoms with E-state index in [2.05, 4.69) is 27.7 Å². The van der Waals surface area contributed by atoms with E-state index in [0.29, 0.717) is 5.41 Å². The fourth-order valence-electron chi connectivity index (χ4n) is 3.85. The zero-order chi connectivity index (χ0) is 11.1. The van der Waals surface area contributed by atoms with Gasteiger partial charge in [0.05, 0.1) is 0 Å². The molecule has 2 aliphatic rings. The van der Waals surface area contributed by atoms with E-state index in [0.717, 1.165) is 11.8 Å². The zero-order valence-electron chi connectivity index (χ0n) is 10.9. The highest BCUT2D eigenvalue weighted by atomic mass is 14.5. The molecular formula is C15H26. The van der Waals surface area contributed by atoms with E-state index < -0.39 is 0 Å². The Morgan fingerprint density at radius 1 is 1.20 bits per heavy atom. The molecule has 0 N–H and O–H groups in total. The Kier molecular flexibility index (Phi) is 2.96. The van der Waals surface area contributed by atoms with Gasteiger partial charge >= 0.3 is 0 Å². The molecule has 0 aromatic rings. The lowest BCUT2D eigenvalue weighted by Gasteiger charge is -2.50. The topological polar surface area (TPSA) is 0 Å². The van der Waals surface area contributed by atoms with Crippen LogP contribution in [0.15, 0.2) is 11.1 Å². The van der Waals surface area contributed by atoms with Gasteiger partial charge in [0, 0.05) is 0 Å². The average molecular weight is 206 g/mol. The van der Waals surface area contributed by atoms with Gasteiger partial charge in [-0.2, -0.15) is 0 Å². The van der Waals surface area contributed by atoms with Crippen molar-refractivity contribution in [2.24, 2.45) is 17.3 Å². The fraction of sp³-hybridized carbons (Fsp3) is 0.867. The van der Waals surface area contributed by atoms with Gasteiger partial charge < -0.3 is 0 Å². The summed E-state index contributed by atoms with van der Waals surface area (Å²) in [6.07, 6.45) is 8.67. The molecule has 86 valence electrons. The van der Waals surface area contributed by atoms with E-state index >= 15 is 0 Å². The number of rotatable bonds is 0. The van der Waals surface area contributed by atoms with Crippen molar-refractivity contribution in [1.82, 2.24) is 0 Å².